The van der Waals surface area contributed by atoms with Crippen molar-refractivity contribution in [1.82, 2.24) is 10.2 Å². The topological polar surface area (TPSA) is 85.4 Å². The van der Waals surface area contributed by atoms with Crippen molar-refractivity contribution in [3.63, 3.8) is 0 Å². The summed E-state index contributed by atoms with van der Waals surface area (Å²) in [7, 11) is 0. The molecule has 3 rings (SSSR count). The number of ether oxygens (including phenoxy) is 2. The summed E-state index contributed by atoms with van der Waals surface area (Å²) in [5.41, 5.74) is 1.04. The van der Waals surface area contributed by atoms with Gasteiger partial charge in [0.1, 0.15) is 16.5 Å². The van der Waals surface area contributed by atoms with E-state index in [9.17, 15) is 22.4 Å². The average molecular weight is 513 g/mol. The number of alkyl halides is 4. The van der Waals surface area contributed by atoms with Crippen molar-refractivity contribution >= 4 is 28.2 Å². The van der Waals surface area contributed by atoms with Gasteiger partial charge >= 0.3 is 18.6 Å². The van der Waals surface area contributed by atoms with Gasteiger partial charge in [0.05, 0.1) is 6.61 Å². The fraction of sp³-hybridized carbons (Fsp3) is 0.348. The lowest BCUT2D eigenvalue weighted by Crippen LogP contribution is -2.33. The van der Waals surface area contributed by atoms with E-state index in [2.05, 4.69) is 32.5 Å². The second-order valence-electron chi connectivity index (χ2n) is 7.41. The number of hydrogen-bond donors (Lipinski definition) is 2. The maximum absolute atomic E-state index is 12.9. The molecule has 0 atom stereocenters. The van der Waals surface area contributed by atoms with Crippen LogP contribution >= 0.6 is 11.3 Å². The van der Waals surface area contributed by atoms with Crippen LogP contribution in [0, 0.1) is 0 Å². The molecule has 3 aromatic rings. The third-order valence-corrected chi connectivity index (χ3v) is 5.52. The minimum atomic E-state index is -4.61. The summed E-state index contributed by atoms with van der Waals surface area (Å²) in [5.74, 6) is 0.296. The van der Waals surface area contributed by atoms with Crippen LogP contribution in [0.25, 0.3) is 10.6 Å². The number of unbranched alkanes of at least 4 members (excludes halogenated alkanes) is 3. The highest BCUT2D eigenvalue weighted by molar-refractivity contribution is 7.18. The third kappa shape index (κ3) is 8.09. The van der Waals surface area contributed by atoms with Gasteiger partial charge in [-0.1, -0.05) is 37.5 Å². The van der Waals surface area contributed by atoms with E-state index in [1.54, 1.807) is 0 Å². The van der Waals surface area contributed by atoms with Crippen LogP contribution in [0.2, 0.25) is 0 Å². The quantitative estimate of drug-likeness (QED) is 0.201. The largest absolute Gasteiger partial charge is 0.494 e. The van der Waals surface area contributed by atoms with Crippen molar-refractivity contribution in [2.24, 2.45) is 0 Å². The molecule has 2 N–H and O–H groups in total. The van der Waals surface area contributed by atoms with Gasteiger partial charge in [-0.2, -0.15) is 17.6 Å². The third-order valence-electron chi connectivity index (χ3n) is 4.63. The van der Waals surface area contributed by atoms with Crippen LogP contribution in [-0.2, 0) is 0 Å². The van der Waals surface area contributed by atoms with Gasteiger partial charge in [-0.3, -0.25) is 5.32 Å². The minimum Gasteiger partial charge on any atom is -0.494 e. The molecule has 35 heavy (non-hydrogen) atoms. The molecule has 0 saturated heterocycles. The van der Waals surface area contributed by atoms with E-state index in [1.165, 1.54) is 25.0 Å². The maximum Gasteiger partial charge on any atom is 0.461 e. The summed E-state index contributed by atoms with van der Waals surface area (Å²) in [6, 6.07) is 11.3. The van der Waals surface area contributed by atoms with E-state index in [0.717, 1.165) is 47.6 Å². The number of nitrogens with zero attached hydrogens (tertiary/aromatic N) is 2. The minimum absolute atomic E-state index is 0.227. The second kappa shape index (κ2) is 12.3. The number of anilines is 2. The summed E-state index contributed by atoms with van der Waals surface area (Å²) in [6.45, 7) is 2.82. The van der Waals surface area contributed by atoms with Crippen LogP contribution in [0.5, 0.6) is 11.5 Å². The van der Waals surface area contributed by atoms with Gasteiger partial charge in [0, 0.05) is 11.3 Å². The van der Waals surface area contributed by atoms with E-state index in [1.807, 2.05) is 24.3 Å². The molecule has 1 aromatic heterocycles. The molecule has 7 nitrogen and oxygen atoms in total. The first kappa shape index (κ1) is 26.2. The Morgan fingerprint density at radius 1 is 0.971 bits per heavy atom. The number of hydrogen-bond acceptors (Lipinski definition) is 6. The molecule has 0 saturated carbocycles. The Morgan fingerprint density at radius 2 is 1.66 bits per heavy atom. The molecule has 0 aliphatic heterocycles. The van der Waals surface area contributed by atoms with Gasteiger partial charge in [-0.15, -0.1) is 10.2 Å². The van der Waals surface area contributed by atoms with Crippen LogP contribution in [0.4, 0.5) is 33.2 Å². The smallest absolute Gasteiger partial charge is 0.461 e. The van der Waals surface area contributed by atoms with E-state index in [0.29, 0.717) is 11.6 Å². The predicted octanol–water partition coefficient (Wildman–Crippen LogP) is 7.04. The Hall–Kier alpha value is -3.41. The summed E-state index contributed by atoms with van der Waals surface area (Å²) in [4.78, 5) is 12.2. The Labute approximate surface area is 203 Å². The van der Waals surface area contributed by atoms with Gasteiger partial charge in [-0.25, -0.2) is 4.79 Å². The van der Waals surface area contributed by atoms with Gasteiger partial charge in [0.15, 0.2) is 0 Å². The zero-order chi connectivity index (χ0) is 25.3. The first-order chi connectivity index (χ1) is 16.8. The standard InChI is InChI=1S/C23H24F4N4O3S/c1-2-3-4-5-14-33-17-10-6-15(7-11-17)19-30-31-22(35-19)29-21(32)28-16-8-12-18(13-9-16)34-23(26,27)20(24)25/h6-13,20H,2-5,14H2,1H3,(H2,28,29,31,32). The molecule has 1 heterocycles. The Balaban J connectivity index is 1.49. The number of urea groups is 1. The number of carbonyl (C=O) groups is 1. The number of aromatic nitrogens is 2. The van der Waals surface area contributed by atoms with Crippen molar-refractivity contribution in [2.45, 2.75) is 45.1 Å². The van der Waals surface area contributed by atoms with Crippen molar-refractivity contribution in [3.8, 4) is 22.1 Å². The van der Waals surface area contributed by atoms with E-state index < -0.39 is 24.3 Å². The number of benzene rings is 2. The van der Waals surface area contributed by atoms with E-state index in [4.69, 9.17) is 4.74 Å². The van der Waals surface area contributed by atoms with Gasteiger partial charge in [-0.05, 0) is 55.0 Å². The molecule has 0 bridgehead atoms. The maximum atomic E-state index is 12.9. The van der Waals surface area contributed by atoms with Crippen LogP contribution < -0.4 is 20.1 Å². The van der Waals surface area contributed by atoms with E-state index in [-0.39, 0.29) is 10.8 Å². The highest BCUT2D eigenvalue weighted by Gasteiger charge is 2.43. The van der Waals surface area contributed by atoms with Gasteiger partial charge in [0.2, 0.25) is 5.13 Å². The normalized spacial score (nSPS) is 11.4. The molecule has 2 aromatic carbocycles. The van der Waals surface area contributed by atoms with Crippen molar-refractivity contribution in [1.29, 1.82) is 0 Å². The summed E-state index contributed by atoms with van der Waals surface area (Å²) < 4.78 is 60.0. The molecule has 2 amide bonds. The Kier molecular flexibility index (Phi) is 9.24. The molecule has 0 aliphatic rings. The van der Waals surface area contributed by atoms with Crippen molar-refractivity contribution in [2.75, 3.05) is 17.2 Å². The molecule has 188 valence electrons. The van der Waals surface area contributed by atoms with Crippen LogP contribution in [0.15, 0.2) is 48.5 Å². The first-order valence-electron chi connectivity index (χ1n) is 10.9. The van der Waals surface area contributed by atoms with Gasteiger partial charge in [0.25, 0.3) is 0 Å². The molecular formula is C23H24F4N4O3S. The molecule has 0 unspecified atom stereocenters. The van der Waals surface area contributed by atoms with E-state index >= 15 is 0 Å². The van der Waals surface area contributed by atoms with Crippen LogP contribution in [0.3, 0.4) is 0 Å². The van der Waals surface area contributed by atoms with Crippen molar-refractivity contribution < 1.29 is 31.8 Å². The molecule has 0 spiro atoms. The summed E-state index contributed by atoms with van der Waals surface area (Å²) in [5, 5.41) is 13.8. The number of carbonyl (C=O) groups excluding carboxylic acids is 1. The average Bonchev–Trinajstić information content (AvgIpc) is 3.28. The Morgan fingerprint density at radius 3 is 2.31 bits per heavy atom. The van der Waals surface area contributed by atoms with Crippen LogP contribution in [0.1, 0.15) is 32.6 Å². The number of halogens is 4. The number of rotatable bonds is 12. The number of nitrogens with one attached hydrogen (secondary N) is 2. The molecule has 0 radical (unpaired) electrons. The molecule has 12 heteroatoms. The fourth-order valence-electron chi connectivity index (χ4n) is 2.87. The predicted molar refractivity (Wildman–Crippen MR) is 126 cm³/mol. The molecule has 0 fully saturated rings. The zero-order valence-electron chi connectivity index (χ0n) is 18.8. The lowest BCUT2D eigenvalue weighted by Gasteiger charge is -2.16. The fourth-order valence-corrected chi connectivity index (χ4v) is 3.61. The zero-order valence-corrected chi connectivity index (χ0v) is 19.6. The molecule has 0 aliphatic carbocycles. The van der Waals surface area contributed by atoms with Gasteiger partial charge < -0.3 is 14.8 Å². The SMILES string of the molecule is CCCCCCOc1ccc(-c2nnc(NC(=O)Nc3ccc(OC(F)(F)C(F)F)cc3)s2)cc1. The van der Waals surface area contributed by atoms with Crippen LogP contribution in [-0.4, -0.2) is 35.4 Å². The summed E-state index contributed by atoms with van der Waals surface area (Å²) >= 11 is 1.16. The lowest BCUT2D eigenvalue weighted by molar-refractivity contribution is -0.253. The first-order valence-corrected chi connectivity index (χ1v) is 11.7. The van der Waals surface area contributed by atoms with Crippen molar-refractivity contribution in [3.05, 3.63) is 48.5 Å². The lowest BCUT2D eigenvalue weighted by atomic mass is 10.2. The summed E-state index contributed by atoms with van der Waals surface area (Å²) in [6.07, 6.45) is -4.05. The Bertz CT molecular complexity index is 1080. The number of amides is 2. The monoisotopic (exact) mass is 512 g/mol. The highest BCUT2D eigenvalue weighted by Crippen LogP contribution is 2.29. The second-order valence-corrected chi connectivity index (χ2v) is 8.39. The molecular weight excluding hydrogens is 488 g/mol. The highest BCUT2D eigenvalue weighted by atomic mass is 32.1.